The van der Waals surface area contributed by atoms with Gasteiger partial charge in [0.25, 0.3) is 11.1 Å². The van der Waals surface area contributed by atoms with Crippen LogP contribution in [0.3, 0.4) is 0 Å². The number of hydrogen-bond donors (Lipinski definition) is 2. The monoisotopic (exact) mass is 441 g/mol. The number of anilines is 1. The minimum absolute atomic E-state index is 0.208. The van der Waals surface area contributed by atoms with E-state index in [2.05, 4.69) is 20.2 Å². The second-order valence-electron chi connectivity index (χ2n) is 7.44. The first kappa shape index (κ1) is 21.1. The van der Waals surface area contributed by atoms with Crippen LogP contribution in [-0.2, 0) is 6.61 Å². The summed E-state index contributed by atoms with van der Waals surface area (Å²) >= 11 is 5.82. The number of halogens is 1. The van der Waals surface area contributed by atoms with Gasteiger partial charge in [-0.3, -0.25) is 19.1 Å². The minimum atomic E-state index is -0.352. The van der Waals surface area contributed by atoms with Crippen LogP contribution in [0.4, 0.5) is 5.82 Å². The number of H-pyrrole nitrogens is 1. The second-order valence-corrected chi connectivity index (χ2v) is 7.87. The van der Waals surface area contributed by atoms with E-state index in [-0.39, 0.29) is 23.4 Å². The lowest BCUT2D eigenvalue weighted by Crippen LogP contribution is -2.42. The highest BCUT2D eigenvalue weighted by Crippen LogP contribution is 2.18. The average Bonchev–Trinajstić information content (AvgIpc) is 2.79. The number of pyridine rings is 3. The van der Waals surface area contributed by atoms with Crippen LogP contribution in [0.25, 0.3) is 5.69 Å². The Balaban J connectivity index is 1.47. The maximum Gasteiger partial charge on any atom is 0.273 e. The highest BCUT2D eigenvalue weighted by Gasteiger charge is 2.19. The lowest BCUT2D eigenvalue weighted by molar-refractivity contribution is 0.300. The fourth-order valence-electron chi connectivity index (χ4n) is 3.64. The number of ether oxygens (including phenoxy) is 1. The van der Waals surface area contributed by atoms with Crippen molar-refractivity contribution in [2.75, 3.05) is 25.0 Å². The topological polar surface area (TPSA) is 92.2 Å². The van der Waals surface area contributed by atoms with E-state index < -0.39 is 0 Å². The van der Waals surface area contributed by atoms with Crippen molar-refractivity contribution >= 4 is 17.4 Å². The zero-order valence-electron chi connectivity index (χ0n) is 17.2. The predicted molar refractivity (Wildman–Crippen MR) is 121 cm³/mol. The van der Waals surface area contributed by atoms with Crippen molar-refractivity contribution in [3.63, 3.8) is 0 Å². The van der Waals surface area contributed by atoms with Gasteiger partial charge in [-0.25, -0.2) is 0 Å². The molecule has 4 heterocycles. The lowest BCUT2D eigenvalue weighted by Gasteiger charge is -2.33. The molecular formula is C22H24ClN5O3. The first-order valence-corrected chi connectivity index (χ1v) is 10.5. The van der Waals surface area contributed by atoms with Crippen molar-refractivity contribution in [2.24, 2.45) is 0 Å². The molecule has 31 heavy (non-hydrogen) atoms. The van der Waals surface area contributed by atoms with Gasteiger partial charge in [-0.15, -0.1) is 0 Å². The first-order chi connectivity index (χ1) is 15.0. The quantitative estimate of drug-likeness (QED) is 0.610. The molecular weight excluding hydrogens is 418 g/mol. The Hall–Kier alpha value is -3.10. The second kappa shape index (κ2) is 9.36. The molecule has 1 aliphatic heterocycles. The van der Waals surface area contributed by atoms with Crippen LogP contribution >= 0.6 is 11.6 Å². The van der Waals surface area contributed by atoms with Crippen molar-refractivity contribution in [1.82, 2.24) is 19.9 Å². The number of nitrogens with one attached hydrogen (secondary N) is 2. The van der Waals surface area contributed by atoms with E-state index in [1.807, 2.05) is 13.1 Å². The minimum Gasteiger partial charge on any atom is -0.487 e. The number of aromatic nitrogens is 3. The molecule has 162 valence electrons. The van der Waals surface area contributed by atoms with Gasteiger partial charge in [0.1, 0.15) is 23.9 Å². The first-order valence-electron chi connectivity index (χ1n) is 10.2. The van der Waals surface area contributed by atoms with Crippen molar-refractivity contribution in [3.8, 4) is 11.4 Å². The van der Waals surface area contributed by atoms with Gasteiger partial charge in [0.2, 0.25) is 0 Å². The van der Waals surface area contributed by atoms with E-state index >= 15 is 0 Å². The normalized spacial score (nSPS) is 14.6. The van der Waals surface area contributed by atoms with Crippen LogP contribution in [0.1, 0.15) is 18.5 Å². The Morgan fingerprint density at radius 3 is 2.65 bits per heavy atom. The molecule has 8 nitrogen and oxygen atoms in total. The Morgan fingerprint density at radius 1 is 1.19 bits per heavy atom. The third-order valence-corrected chi connectivity index (χ3v) is 5.67. The Morgan fingerprint density at radius 2 is 2.00 bits per heavy atom. The summed E-state index contributed by atoms with van der Waals surface area (Å²) in [5.74, 6) is 1.17. The Kier molecular flexibility index (Phi) is 6.39. The van der Waals surface area contributed by atoms with Crippen LogP contribution < -0.4 is 26.1 Å². The van der Waals surface area contributed by atoms with Crippen molar-refractivity contribution in [3.05, 3.63) is 80.2 Å². The number of hydrogen-bond acceptors (Lipinski definition) is 6. The Labute approximate surface area is 184 Å². The van der Waals surface area contributed by atoms with Crippen LogP contribution in [0, 0.1) is 0 Å². The highest BCUT2D eigenvalue weighted by atomic mass is 35.5. The highest BCUT2D eigenvalue weighted by molar-refractivity contribution is 6.30. The van der Waals surface area contributed by atoms with Gasteiger partial charge in [-0.2, -0.15) is 0 Å². The molecule has 0 bridgehead atoms. The van der Waals surface area contributed by atoms with Gasteiger partial charge < -0.3 is 19.9 Å². The third-order valence-electron chi connectivity index (χ3n) is 5.44. The van der Waals surface area contributed by atoms with Crippen LogP contribution in [0.2, 0.25) is 5.02 Å². The van der Waals surface area contributed by atoms with Gasteiger partial charge in [0, 0.05) is 37.6 Å². The molecule has 9 heteroatoms. The molecule has 0 aromatic carbocycles. The summed E-state index contributed by atoms with van der Waals surface area (Å²) in [7, 11) is 1.97. The number of rotatable bonds is 6. The van der Waals surface area contributed by atoms with E-state index in [0.29, 0.717) is 22.5 Å². The van der Waals surface area contributed by atoms with E-state index in [1.54, 1.807) is 24.3 Å². The van der Waals surface area contributed by atoms with Crippen LogP contribution in [0.15, 0.2) is 58.4 Å². The lowest BCUT2D eigenvalue weighted by atomic mass is 10.1. The van der Waals surface area contributed by atoms with Crippen LogP contribution in [0.5, 0.6) is 5.75 Å². The number of aromatic amines is 1. The van der Waals surface area contributed by atoms with Gasteiger partial charge in [-0.1, -0.05) is 11.6 Å². The SMILES string of the molecule is CNC1CCN(c2ccc(-n3ccc(OCc4ccc(Cl)cn4)cc3=O)c(=O)[nH]2)CC1. The molecule has 0 amide bonds. The summed E-state index contributed by atoms with van der Waals surface area (Å²) in [6.45, 7) is 1.95. The summed E-state index contributed by atoms with van der Waals surface area (Å²) in [6.07, 6.45) is 5.12. The average molecular weight is 442 g/mol. The molecule has 1 aliphatic rings. The number of piperidine rings is 1. The summed E-state index contributed by atoms with van der Waals surface area (Å²) in [5, 5.41) is 3.84. The van der Waals surface area contributed by atoms with E-state index in [9.17, 15) is 9.59 Å². The molecule has 1 fully saturated rings. The van der Waals surface area contributed by atoms with E-state index in [4.69, 9.17) is 16.3 Å². The summed E-state index contributed by atoms with van der Waals surface area (Å²) in [5.41, 5.74) is 0.299. The molecule has 0 aliphatic carbocycles. The molecule has 1 saturated heterocycles. The molecule has 0 saturated carbocycles. The maximum absolute atomic E-state index is 12.7. The van der Waals surface area contributed by atoms with Crippen molar-refractivity contribution < 1.29 is 4.74 Å². The van der Waals surface area contributed by atoms with Gasteiger partial charge in [-0.05, 0) is 50.2 Å². The third kappa shape index (κ3) is 4.98. The van der Waals surface area contributed by atoms with Gasteiger partial charge in [0.15, 0.2) is 0 Å². The molecule has 4 rings (SSSR count). The zero-order chi connectivity index (χ0) is 21.8. The van der Waals surface area contributed by atoms with Crippen LogP contribution in [-0.4, -0.2) is 40.7 Å². The maximum atomic E-state index is 12.7. The van der Waals surface area contributed by atoms with Gasteiger partial charge in [0.05, 0.1) is 10.7 Å². The smallest absolute Gasteiger partial charge is 0.273 e. The fourth-order valence-corrected chi connectivity index (χ4v) is 3.75. The zero-order valence-corrected chi connectivity index (χ0v) is 17.9. The van der Waals surface area contributed by atoms with Crippen molar-refractivity contribution in [1.29, 1.82) is 0 Å². The molecule has 0 atom stereocenters. The molecule has 0 radical (unpaired) electrons. The predicted octanol–water partition coefficient (Wildman–Crippen LogP) is 2.34. The molecule has 0 spiro atoms. The van der Waals surface area contributed by atoms with E-state index in [0.717, 1.165) is 31.7 Å². The summed E-state index contributed by atoms with van der Waals surface area (Å²) in [4.78, 5) is 34.5. The molecule has 2 N–H and O–H groups in total. The van der Waals surface area contributed by atoms with E-state index in [1.165, 1.54) is 23.0 Å². The van der Waals surface area contributed by atoms with Gasteiger partial charge >= 0.3 is 0 Å². The fraction of sp³-hybridized carbons (Fsp3) is 0.318. The summed E-state index contributed by atoms with van der Waals surface area (Å²) in [6, 6.07) is 10.5. The Bertz CT molecular complexity index is 1150. The summed E-state index contributed by atoms with van der Waals surface area (Å²) < 4.78 is 6.94. The molecule has 0 unspecified atom stereocenters. The van der Waals surface area contributed by atoms with Crippen molar-refractivity contribution in [2.45, 2.75) is 25.5 Å². The largest absolute Gasteiger partial charge is 0.487 e. The molecule has 3 aromatic heterocycles. The number of nitrogens with zero attached hydrogens (tertiary/aromatic N) is 3. The molecule has 3 aromatic rings. The standard InChI is InChI=1S/C22H24ClN5O3/c1-24-16-6-9-27(10-7-16)20-5-4-19(22(30)26-20)28-11-8-18(12-21(28)29)31-14-17-3-2-15(23)13-25-17/h2-5,8,11-13,16,24H,6-7,9-10,14H2,1H3,(H,26,30).